The number of methoxy groups -OCH3 is 1. The fourth-order valence-electron chi connectivity index (χ4n) is 1.25. The van der Waals surface area contributed by atoms with E-state index in [4.69, 9.17) is 10.5 Å². The molecule has 0 aliphatic heterocycles. The first kappa shape index (κ1) is 11.7. The number of aliphatic imine (C=N–C) groups is 1. The SMILES string of the molecule is COCCN=C(N)Cc1ccc(C)cc1. The van der Waals surface area contributed by atoms with Gasteiger partial charge in [-0.15, -0.1) is 0 Å². The monoisotopic (exact) mass is 206 g/mol. The van der Waals surface area contributed by atoms with E-state index in [9.17, 15) is 0 Å². The van der Waals surface area contributed by atoms with Gasteiger partial charge >= 0.3 is 0 Å². The molecule has 1 rings (SSSR count). The predicted molar refractivity (Wildman–Crippen MR) is 63.2 cm³/mol. The van der Waals surface area contributed by atoms with E-state index in [-0.39, 0.29) is 0 Å². The highest BCUT2D eigenvalue weighted by atomic mass is 16.5. The molecule has 0 atom stereocenters. The van der Waals surface area contributed by atoms with Crippen molar-refractivity contribution < 1.29 is 4.74 Å². The van der Waals surface area contributed by atoms with Crippen molar-refractivity contribution in [2.45, 2.75) is 13.3 Å². The molecule has 0 spiro atoms. The van der Waals surface area contributed by atoms with E-state index >= 15 is 0 Å². The quantitative estimate of drug-likeness (QED) is 0.451. The molecule has 2 N–H and O–H groups in total. The van der Waals surface area contributed by atoms with Gasteiger partial charge in [0.05, 0.1) is 19.0 Å². The van der Waals surface area contributed by atoms with Crippen LogP contribution in [-0.4, -0.2) is 26.1 Å². The largest absolute Gasteiger partial charge is 0.387 e. The first-order chi connectivity index (χ1) is 7.22. The van der Waals surface area contributed by atoms with E-state index in [1.807, 2.05) is 0 Å². The Hall–Kier alpha value is -1.35. The number of hydrogen-bond acceptors (Lipinski definition) is 2. The van der Waals surface area contributed by atoms with Crippen LogP contribution in [0.5, 0.6) is 0 Å². The van der Waals surface area contributed by atoms with Crippen molar-refractivity contribution in [2.75, 3.05) is 20.3 Å². The summed E-state index contributed by atoms with van der Waals surface area (Å²) >= 11 is 0. The second kappa shape index (κ2) is 6.19. The first-order valence-corrected chi connectivity index (χ1v) is 5.05. The van der Waals surface area contributed by atoms with Gasteiger partial charge in [0, 0.05) is 13.5 Å². The zero-order chi connectivity index (χ0) is 11.1. The lowest BCUT2D eigenvalue weighted by Crippen LogP contribution is -2.16. The van der Waals surface area contributed by atoms with Crippen LogP contribution in [0, 0.1) is 6.92 Å². The molecule has 82 valence electrons. The summed E-state index contributed by atoms with van der Waals surface area (Å²) < 4.78 is 4.90. The van der Waals surface area contributed by atoms with Gasteiger partial charge in [-0.25, -0.2) is 0 Å². The lowest BCUT2D eigenvalue weighted by atomic mass is 10.1. The third-order valence-corrected chi connectivity index (χ3v) is 2.12. The zero-order valence-corrected chi connectivity index (χ0v) is 9.36. The van der Waals surface area contributed by atoms with E-state index in [1.54, 1.807) is 7.11 Å². The van der Waals surface area contributed by atoms with Crippen LogP contribution in [0.1, 0.15) is 11.1 Å². The van der Waals surface area contributed by atoms with Crippen LogP contribution < -0.4 is 5.73 Å². The van der Waals surface area contributed by atoms with E-state index in [0.717, 1.165) is 0 Å². The minimum absolute atomic E-state index is 0.620. The van der Waals surface area contributed by atoms with E-state index in [1.165, 1.54) is 11.1 Å². The van der Waals surface area contributed by atoms with E-state index < -0.39 is 0 Å². The van der Waals surface area contributed by atoms with Crippen molar-refractivity contribution >= 4 is 5.84 Å². The molecule has 1 aromatic rings. The summed E-state index contributed by atoms with van der Waals surface area (Å²) in [5, 5.41) is 0. The smallest absolute Gasteiger partial charge is 0.0982 e. The maximum Gasteiger partial charge on any atom is 0.0982 e. The lowest BCUT2D eigenvalue weighted by molar-refractivity contribution is 0.208. The second-order valence-corrected chi connectivity index (χ2v) is 3.53. The number of amidine groups is 1. The molecule has 0 heterocycles. The molecule has 0 aliphatic rings. The number of benzene rings is 1. The fourth-order valence-corrected chi connectivity index (χ4v) is 1.25. The molecule has 0 saturated carbocycles. The molecule has 0 fully saturated rings. The maximum absolute atomic E-state index is 5.78. The molecule has 0 aliphatic carbocycles. The van der Waals surface area contributed by atoms with Crippen LogP contribution in [0.3, 0.4) is 0 Å². The van der Waals surface area contributed by atoms with Gasteiger partial charge in [0.1, 0.15) is 0 Å². The molecular formula is C12H18N2O. The molecule has 3 heteroatoms. The van der Waals surface area contributed by atoms with Gasteiger partial charge in [0.15, 0.2) is 0 Å². The van der Waals surface area contributed by atoms with Gasteiger partial charge in [-0.2, -0.15) is 0 Å². The lowest BCUT2D eigenvalue weighted by Gasteiger charge is -2.02. The van der Waals surface area contributed by atoms with Crippen LogP contribution in [0.15, 0.2) is 29.3 Å². The second-order valence-electron chi connectivity index (χ2n) is 3.53. The molecule has 0 bridgehead atoms. The Morgan fingerprint density at radius 3 is 2.60 bits per heavy atom. The molecule has 0 unspecified atom stereocenters. The normalized spacial score (nSPS) is 11.7. The number of hydrogen-bond donors (Lipinski definition) is 1. The summed E-state index contributed by atoms with van der Waals surface area (Å²) in [6.45, 7) is 3.32. The Morgan fingerprint density at radius 2 is 2.00 bits per heavy atom. The summed E-state index contributed by atoms with van der Waals surface area (Å²) in [5.41, 5.74) is 8.23. The Labute approximate surface area is 91.0 Å². The fraction of sp³-hybridized carbons (Fsp3) is 0.417. The highest BCUT2D eigenvalue weighted by Gasteiger charge is 1.96. The summed E-state index contributed by atoms with van der Waals surface area (Å²) in [6.07, 6.45) is 0.712. The Kier molecular flexibility index (Phi) is 4.84. The van der Waals surface area contributed by atoms with E-state index in [2.05, 4.69) is 36.2 Å². The minimum atomic E-state index is 0.620. The van der Waals surface area contributed by atoms with Crippen LogP contribution in [0.25, 0.3) is 0 Å². The van der Waals surface area contributed by atoms with Gasteiger partial charge in [-0.05, 0) is 12.5 Å². The van der Waals surface area contributed by atoms with Gasteiger partial charge < -0.3 is 10.5 Å². The average Bonchev–Trinajstić information content (AvgIpc) is 2.22. The van der Waals surface area contributed by atoms with Crippen LogP contribution in [0.4, 0.5) is 0 Å². The van der Waals surface area contributed by atoms with Crippen molar-refractivity contribution in [1.82, 2.24) is 0 Å². The molecule has 0 saturated heterocycles. The minimum Gasteiger partial charge on any atom is -0.387 e. The standard InChI is InChI=1S/C12H18N2O/c1-10-3-5-11(6-4-10)9-12(13)14-7-8-15-2/h3-6H,7-9H2,1-2H3,(H2,13,14). The van der Waals surface area contributed by atoms with Crippen molar-refractivity contribution in [1.29, 1.82) is 0 Å². The Bertz CT molecular complexity index is 317. The molecule has 0 aromatic heterocycles. The Balaban J connectivity index is 2.47. The molecule has 3 nitrogen and oxygen atoms in total. The van der Waals surface area contributed by atoms with Gasteiger partial charge in [0.2, 0.25) is 0 Å². The third kappa shape index (κ3) is 4.61. The summed E-state index contributed by atoms with van der Waals surface area (Å²) in [7, 11) is 1.66. The molecule has 0 radical (unpaired) electrons. The van der Waals surface area contributed by atoms with Crippen molar-refractivity contribution in [3.63, 3.8) is 0 Å². The van der Waals surface area contributed by atoms with Crippen LogP contribution >= 0.6 is 0 Å². The molecular weight excluding hydrogens is 188 g/mol. The van der Waals surface area contributed by atoms with Gasteiger partial charge in [-0.3, -0.25) is 4.99 Å². The number of aryl methyl sites for hydroxylation is 1. The van der Waals surface area contributed by atoms with Crippen molar-refractivity contribution in [2.24, 2.45) is 10.7 Å². The highest BCUT2D eigenvalue weighted by molar-refractivity contribution is 5.82. The van der Waals surface area contributed by atoms with Crippen molar-refractivity contribution in [3.8, 4) is 0 Å². The predicted octanol–water partition coefficient (Wildman–Crippen LogP) is 1.54. The number of nitrogens with two attached hydrogens (primary N) is 1. The van der Waals surface area contributed by atoms with E-state index in [0.29, 0.717) is 25.4 Å². The van der Waals surface area contributed by atoms with Gasteiger partial charge in [-0.1, -0.05) is 29.8 Å². The first-order valence-electron chi connectivity index (χ1n) is 5.05. The number of rotatable bonds is 5. The molecule has 1 aromatic carbocycles. The zero-order valence-electron chi connectivity index (χ0n) is 9.36. The topological polar surface area (TPSA) is 47.6 Å². The summed E-state index contributed by atoms with van der Waals surface area (Å²) in [4.78, 5) is 4.20. The highest BCUT2D eigenvalue weighted by Crippen LogP contribution is 2.03. The summed E-state index contributed by atoms with van der Waals surface area (Å²) in [6, 6.07) is 8.32. The third-order valence-electron chi connectivity index (χ3n) is 2.12. The van der Waals surface area contributed by atoms with Crippen LogP contribution in [0.2, 0.25) is 0 Å². The molecule has 15 heavy (non-hydrogen) atoms. The van der Waals surface area contributed by atoms with Crippen LogP contribution in [-0.2, 0) is 11.2 Å². The van der Waals surface area contributed by atoms with Crippen molar-refractivity contribution in [3.05, 3.63) is 35.4 Å². The Morgan fingerprint density at radius 1 is 1.33 bits per heavy atom. The maximum atomic E-state index is 5.78. The average molecular weight is 206 g/mol. The number of nitrogens with zero attached hydrogens (tertiary/aromatic N) is 1. The number of ether oxygens (including phenoxy) is 1. The van der Waals surface area contributed by atoms with Gasteiger partial charge in [0.25, 0.3) is 0 Å². The molecule has 0 amide bonds. The summed E-state index contributed by atoms with van der Waals surface area (Å²) in [5.74, 6) is 0.663.